The predicted octanol–water partition coefficient (Wildman–Crippen LogP) is 7.48. The van der Waals surface area contributed by atoms with E-state index in [1.165, 1.54) is 0 Å². The standard InChI is InChI=1S/C12H11F.C6H6F9P/c13-12(9-5-2-6-10-12)11-7-3-1-4-8-11;1-2-16-6(14,15)4(9,10)3(7,8)5(11,12)13/h1-9H,10H2;16H,2H2,1H3. The SMILES string of the molecule is CCPC(F)(F)C(F)(F)C(F)(F)C(F)(F)F.FC1(c2ccccc2)C=CC=CC1. The van der Waals surface area contributed by atoms with Gasteiger partial charge in [0.15, 0.2) is 5.67 Å². The Hall–Kier alpha value is -1.57. The Morgan fingerprint density at radius 1 is 0.862 bits per heavy atom. The van der Waals surface area contributed by atoms with Crippen molar-refractivity contribution in [3.8, 4) is 0 Å². The summed E-state index contributed by atoms with van der Waals surface area (Å²) in [5.74, 6) is -13.2. The van der Waals surface area contributed by atoms with Gasteiger partial charge in [0, 0.05) is 6.42 Å². The van der Waals surface area contributed by atoms with Gasteiger partial charge in [0.25, 0.3) is 0 Å². The van der Waals surface area contributed by atoms with Crippen LogP contribution in [0.4, 0.5) is 43.9 Å². The van der Waals surface area contributed by atoms with E-state index in [0.29, 0.717) is 6.42 Å². The van der Waals surface area contributed by atoms with E-state index in [0.717, 1.165) is 12.5 Å². The Labute approximate surface area is 162 Å². The predicted molar refractivity (Wildman–Crippen MR) is 91.9 cm³/mol. The van der Waals surface area contributed by atoms with Crippen molar-refractivity contribution >= 4 is 8.58 Å². The van der Waals surface area contributed by atoms with Crippen LogP contribution < -0.4 is 0 Å². The fraction of sp³-hybridized carbons (Fsp3) is 0.444. The first-order valence-electron chi connectivity index (χ1n) is 8.16. The Kier molecular flexibility index (Phi) is 7.96. The molecule has 0 N–H and O–H groups in total. The van der Waals surface area contributed by atoms with Gasteiger partial charge in [-0.2, -0.15) is 39.5 Å². The van der Waals surface area contributed by atoms with Crippen LogP contribution >= 0.6 is 8.58 Å². The van der Waals surface area contributed by atoms with Crippen LogP contribution in [-0.4, -0.2) is 29.8 Å². The van der Waals surface area contributed by atoms with Crippen LogP contribution in [0.2, 0.25) is 0 Å². The lowest BCUT2D eigenvalue weighted by Crippen LogP contribution is -2.59. The topological polar surface area (TPSA) is 0 Å². The number of alkyl halides is 10. The maximum Gasteiger partial charge on any atom is 0.460 e. The molecular formula is C18H17F10P. The number of benzene rings is 1. The molecule has 0 nitrogen and oxygen atoms in total. The molecule has 0 fully saturated rings. The second-order valence-electron chi connectivity index (χ2n) is 5.97. The summed E-state index contributed by atoms with van der Waals surface area (Å²) in [5.41, 5.74) is -5.95. The van der Waals surface area contributed by atoms with Crippen molar-refractivity contribution in [1.82, 2.24) is 0 Å². The second kappa shape index (κ2) is 9.06. The van der Waals surface area contributed by atoms with Crippen molar-refractivity contribution in [2.45, 2.75) is 42.7 Å². The summed E-state index contributed by atoms with van der Waals surface area (Å²) in [5, 5.41) is 0. The molecule has 1 aliphatic rings. The number of hydrogen-bond donors (Lipinski definition) is 0. The third-order valence-electron chi connectivity index (χ3n) is 3.82. The summed E-state index contributed by atoms with van der Waals surface area (Å²) >= 11 is 0. The van der Waals surface area contributed by atoms with Crippen molar-refractivity contribution in [3.05, 3.63) is 60.2 Å². The van der Waals surface area contributed by atoms with E-state index < -0.39 is 44.1 Å². The van der Waals surface area contributed by atoms with Crippen molar-refractivity contribution in [2.75, 3.05) is 6.16 Å². The zero-order chi connectivity index (χ0) is 22.6. The van der Waals surface area contributed by atoms with Gasteiger partial charge in [-0.3, -0.25) is 0 Å². The van der Waals surface area contributed by atoms with Gasteiger partial charge >= 0.3 is 23.7 Å². The number of rotatable bonds is 5. The summed E-state index contributed by atoms with van der Waals surface area (Å²) in [6.45, 7) is 0.966. The summed E-state index contributed by atoms with van der Waals surface area (Å²) in [6.07, 6.45) is 0.189. The Bertz CT molecular complexity index is 709. The lowest BCUT2D eigenvalue weighted by molar-refractivity contribution is -0.381. The molecule has 2 rings (SSSR count). The molecule has 1 aromatic rings. The molecule has 2 unspecified atom stereocenters. The molecule has 0 aliphatic heterocycles. The molecule has 164 valence electrons. The summed E-state index contributed by atoms with van der Waals surface area (Å²) in [7, 11) is -2.02. The zero-order valence-electron chi connectivity index (χ0n) is 14.9. The second-order valence-corrected chi connectivity index (χ2v) is 7.66. The van der Waals surface area contributed by atoms with E-state index in [1.54, 1.807) is 12.2 Å². The van der Waals surface area contributed by atoms with Crippen LogP contribution in [0.5, 0.6) is 0 Å². The lowest BCUT2D eigenvalue weighted by Gasteiger charge is -2.33. The van der Waals surface area contributed by atoms with Gasteiger partial charge in [0.05, 0.1) is 0 Å². The Balaban J connectivity index is 0.000000294. The van der Waals surface area contributed by atoms with Gasteiger partial charge in [-0.25, -0.2) is 4.39 Å². The van der Waals surface area contributed by atoms with E-state index in [-0.39, 0.29) is 0 Å². The molecule has 29 heavy (non-hydrogen) atoms. The molecule has 1 aromatic carbocycles. The average Bonchev–Trinajstić information content (AvgIpc) is 2.62. The third kappa shape index (κ3) is 5.53. The molecule has 0 spiro atoms. The zero-order valence-corrected chi connectivity index (χ0v) is 15.9. The highest BCUT2D eigenvalue weighted by molar-refractivity contribution is 7.39. The van der Waals surface area contributed by atoms with Crippen LogP contribution in [0.15, 0.2) is 54.6 Å². The van der Waals surface area contributed by atoms with Crippen molar-refractivity contribution in [3.63, 3.8) is 0 Å². The summed E-state index contributed by atoms with van der Waals surface area (Å²) < 4.78 is 123. The fourth-order valence-corrected chi connectivity index (χ4v) is 3.05. The minimum Gasteiger partial charge on any atom is -0.234 e. The molecule has 11 heteroatoms. The maximum absolute atomic E-state index is 14.2. The normalized spacial score (nSPS) is 20.7. The van der Waals surface area contributed by atoms with Crippen molar-refractivity contribution < 1.29 is 43.9 Å². The maximum atomic E-state index is 14.2. The molecular weight excluding hydrogens is 437 g/mol. The number of allylic oxidation sites excluding steroid dienone is 4. The highest BCUT2D eigenvalue weighted by Gasteiger charge is 2.81. The van der Waals surface area contributed by atoms with Gasteiger partial charge in [0.2, 0.25) is 0 Å². The van der Waals surface area contributed by atoms with E-state index in [9.17, 15) is 43.9 Å². The Morgan fingerprint density at radius 3 is 1.83 bits per heavy atom. The quantitative estimate of drug-likeness (QED) is 0.320. The molecule has 0 aromatic heterocycles. The van der Waals surface area contributed by atoms with E-state index >= 15 is 0 Å². The van der Waals surface area contributed by atoms with Crippen LogP contribution in [0.3, 0.4) is 0 Å². The van der Waals surface area contributed by atoms with Crippen LogP contribution in [0.1, 0.15) is 18.9 Å². The largest absolute Gasteiger partial charge is 0.460 e. The first-order valence-corrected chi connectivity index (χ1v) is 9.37. The van der Waals surface area contributed by atoms with E-state index in [4.69, 9.17) is 0 Å². The van der Waals surface area contributed by atoms with E-state index in [2.05, 4.69) is 0 Å². The monoisotopic (exact) mass is 454 g/mol. The molecule has 2 atom stereocenters. The molecule has 0 amide bonds. The first kappa shape index (κ1) is 25.5. The van der Waals surface area contributed by atoms with Gasteiger partial charge in [-0.1, -0.05) is 55.5 Å². The fourth-order valence-electron chi connectivity index (χ4n) is 2.23. The van der Waals surface area contributed by atoms with Gasteiger partial charge in [0.1, 0.15) is 0 Å². The van der Waals surface area contributed by atoms with E-state index in [1.807, 2.05) is 42.5 Å². The summed E-state index contributed by atoms with van der Waals surface area (Å²) in [6, 6.07) is 9.27. The number of halogens is 10. The molecule has 1 aliphatic carbocycles. The van der Waals surface area contributed by atoms with Crippen LogP contribution in [0, 0.1) is 0 Å². The molecule has 0 heterocycles. The average molecular weight is 454 g/mol. The first-order chi connectivity index (χ1) is 13.1. The highest BCUT2D eigenvalue weighted by atomic mass is 31.1. The van der Waals surface area contributed by atoms with Crippen LogP contribution in [-0.2, 0) is 5.67 Å². The van der Waals surface area contributed by atoms with Gasteiger partial charge < -0.3 is 0 Å². The molecule has 0 radical (unpaired) electrons. The minimum absolute atomic E-state index is 0.438. The molecule has 0 bridgehead atoms. The molecule has 0 saturated carbocycles. The smallest absolute Gasteiger partial charge is 0.234 e. The van der Waals surface area contributed by atoms with Gasteiger partial charge in [-0.05, 0) is 26.4 Å². The van der Waals surface area contributed by atoms with Gasteiger partial charge in [-0.15, -0.1) is 0 Å². The van der Waals surface area contributed by atoms with Crippen LogP contribution in [0.25, 0.3) is 0 Å². The van der Waals surface area contributed by atoms with Crippen molar-refractivity contribution in [1.29, 1.82) is 0 Å². The minimum atomic E-state index is -6.76. The highest BCUT2D eigenvalue weighted by Crippen LogP contribution is 2.58. The number of hydrogen-bond acceptors (Lipinski definition) is 0. The third-order valence-corrected chi connectivity index (χ3v) is 4.93. The molecule has 0 saturated heterocycles. The Morgan fingerprint density at radius 2 is 1.41 bits per heavy atom. The lowest BCUT2D eigenvalue weighted by atomic mass is 9.89. The summed E-state index contributed by atoms with van der Waals surface area (Å²) in [4.78, 5) is 0. The van der Waals surface area contributed by atoms with Crippen molar-refractivity contribution in [2.24, 2.45) is 0 Å².